The second-order valence-corrected chi connectivity index (χ2v) is 25.5. The lowest BCUT2D eigenvalue weighted by Crippen LogP contribution is -2.68. The second-order valence-electron chi connectivity index (χ2n) is 20.7. The Morgan fingerprint density at radius 1 is 0.954 bits per heavy atom. The standard InChI is InChI=1S/C49H70FN5O9Si/c1-14-16-23-60-40-35-32(43(50)51-44(40)55(29-48(6,7)28-53(8)9)46(59)62-27-30-21-19-18-20-22-30)25-31-26-33-37(54(10)11)39-36(45(52-63-39)61-24-17-15-2)42(58)49(33,41(57)34(31)38(35)56)64-65(12,13)47(3,4)5/h18-22,31,33,37,56H,14-17,23-29H2,1-13H3/t31-,33-,37-,49-/m0/s1. The number of benzene rings is 1. The van der Waals surface area contributed by atoms with Gasteiger partial charge in [-0.3, -0.25) is 19.4 Å². The minimum atomic E-state index is -3.02. The molecule has 1 aromatic carbocycles. The summed E-state index contributed by atoms with van der Waals surface area (Å²) in [5.41, 5.74) is -2.03. The maximum Gasteiger partial charge on any atom is 0.415 e. The van der Waals surface area contributed by atoms with E-state index in [1.165, 1.54) is 4.90 Å². The van der Waals surface area contributed by atoms with Gasteiger partial charge in [0.05, 0.1) is 24.8 Å². The highest BCUT2D eigenvalue weighted by Gasteiger charge is 2.69. The Morgan fingerprint density at radius 3 is 2.20 bits per heavy atom. The number of hydrogen-bond acceptors (Lipinski definition) is 13. The van der Waals surface area contributed by atoms with Crippen molar-refractivity contribution in [1.82, 2.24) is 19.9 Å². The predicted octanol–water partition coefficient (Wildman–Crippen LogP) is 9.59. The van der Waals surface area contributed by atoms with Gasteiger partial charge in [-0.25, -0.2) is 4.79 Å². The highest BCUT2D eigenvalue weighted by atomic mass is 28.4. The minimum Gasteiger partial charge on any atom is -0.507 e. The van der Waals surface area contributed by atoms with Crippen LogP contribution < -0.4 is 14.4 Å². The molecule has 356 valence electrons. The Kier molecular flexibility index (Phi) is 14.8. The van der Waals surface area contributed by atoms with Gasteiger partial charge in [0.15, 0.2) is 31.2 Å². The zero-order chi connectivity index (χ0) is 47.8. The quantitative estimate of drug-likeness (QED) is 0.0557. The summed E-state index contributed by atoms with van der Waals surface area (Å²) in [6.07, 6.45) is 2.17. The van der Waals surface area contributed by atoms with Gasteiger partial charge in [0, 0.05) is 30.1 Å². The average molecular weight is 920 g/mol. The molecule has 0 spiro atoms. The van der Waals surface area contributed by atoms with Crippen LogP contribution in [0, 0.1) is 23.2 Å². The molecule has 0 aliphatic heterocycles. The topological polar surface area (TPSA) is 157 Å². The zero-order valence-corrected chi connectivity index (χ0v) is 41.7. The van der Waals surface area contributed by atoms with Gasteiger partial charge in [0.2, 0.25) is 17.5 Å². The Morgan fingerprint density at radius 2 is 1.60 bits per heavy atom. The summed E-state index contributed by atoms with van der Waals surface area (Å²) in [4.78, 5) is 55.6. The third-order valence-corrected chi connectivity index (χ3v) is 17.8. The van der Waals surface area contributed by atoms with E-state index in [0.717, 1.165) is 18.4 Å². The number of carbonyl (C=O) groups is 3. The number of nitrogens with zero attached hydrogens (tertiary/aromatic N) is 5. The van der Waals surface area contributed by atoms with E-state index in [1.54, 1.807) is 0 Å². The van der Waals surface area contributed by atoms with Crippen LogP contribution in [-0.2, 0) is 27.0 Å². The van der Waals surface area contributed by atoms with Crippen molar-refractivity contribution < 1.29 is 47.0 Å². The van der Waals surface area contributed by atoms with Crippen LogP contribution in [0.25, 0.3) is 5.76 Å². The maximum absolute atomic E-state index is 17.1. The highest BCUT2D eigenvalue weighted by Crippen LogP contribution is 2.59. The molecule has 3 aromatic rings. The molecule has 4 atom stereocenters. The van der Waals surface area contributed by atoms with Crippen LogP contribution in [0.4, 0.5) is 15.0 Å². The summed E-state index contributed by atoms with van der Waals surface area (Å²) < 4.78 is 48.8. The Bertz CT molecular complexity index is 2270. The Labute approximate surface area is 384 Å². The van der Waals surface area contributed by atoms with Crippen molar-refractivity contribution in [2.24, 2.45) is 17.3 Å². The van der Waals surface area contributed by atoms with Crippen LogP contribution in [-0.4, -0.2) is 111 Å². The molecule has 16 heteroatoms. The SMILES string of the molecule is CCCCOc1noc2c1C(=O)[C@@]1(O[Si](C)(C)C(C)(C)C)C(=O)C3=C(O)c4c(c(F)nc(N(CC(C)(C)CN(C)C)C(=O)OCc5ccccc5)c4OCCCC)C[C@H]3C[C@H]1[C@@H]2N(C)C. The number of fused-ring (bicyclic) bond motifs is 4. The summed E-state index contributed by atoms with van der Waals surface area (Å²) in [5.74, 6) is -4.38. The zero-order valence-electron chi connectivity index (χ0n) is 40.7. The van der Waals surface area contributed by atoms with Gasteiger partial charge in [0.1, 0.15) is 17.9 Å². The van der Waals surface area contributed by atoms with Crippen molar-refractivity contribution >= 4 is 37.6 Å². The van der Waals surface area contributed by atoms with Crippen molar-refractivity contribution in [1.29, 1.82) is 0 Å². The fourth-order valence-electron chi connectivity index (χ4n) is 9.43. The molecular weight excluding hydrogens is 850 g/mol. The van der Waals surface area contributed by atoms with Crippen LogP contribution in [0.15, 0.2) is 40.4 Å². The van der Waals surface area contributed by atoms with E-state index in [1.807, 2.05) is 130 Å². The van der Waals surface area contributed by atoms with Gasteiger partial charge in [-0.05, 0) is 94.1 Å². The van der Waals surface area contributed by atoms with E-state index in [9.17, 15) is 9.90 Å². The third kappa shape index (κ3) is 9.64. The summed E-state index contributed by atoms with van der Waals surface area (Å²) in [7, 11) is 4.51. The first-order chi connectivity index (χ1) is 30.5. The smallest absolute Gasteiger partial charge is 0.415 e. The molecule has 1 amide bonds. The van der Waals surface area contributed by atoms with E-state index in [2.05, 4.69) is 10.1 Å². The lowest BCUT2D eigenvalue weighted by Gasteiger charge is -2.55. The Hall–Kier alpha value is -4.64. The predicted molar refractivity (Wildman–Crippen MR) is 249 cm³/mol. The number of Topliss-reactive ketones (excluding diaryl/α,β-unsaturated/α-hetero) is 2. The number of ketones is 2. The van der Waals surface area contributed by atoms with Gasteiger partial charge < -0.3 is 33.2 Å². The molecule has 0 bridgehead atoms. The number of ether oxygens (including phenoxy) is 3. The number of pyridine rings is 1. The number of anilines is 1. The summed E-state index contributed by atoms with van der Waals surface area (Å²) in [5, 5.41) is 16.6. The fraction of sp³-hybridized carbons (Fsp3) is 0.612. The number of aromatic nitrogens is 2. The van der Waals surface area contributed by atoms with Crippen LogP contribution in [0.2, 0.25) is 18.1 Å². The van der Waals surface area contributed by atoms with Gasteiger partial charge in [-0.1, -0.05) is 91.6 Å². The lowest BCUT2D eigenvalue weighted by atomic mass is 9.57. The largest absolute Gasteiger partial charge is 0.507 e. The van der Waals surface area contributed by atoms with E-state index in [-0.39, 0.29) is 84.7 Å². The van der Waals surface area contributed by atoms with Crippen LogP contribution in [0.5, 0.6) is 11.6 Å². The average Bonchev–Trinajstić information content (AvgIpc) is 3.63. The first-order valence-corrected chi connectivity index (χ1v) is 25.9. The summed E-state index contributed by atoms with van der Waals surface area (Å²) in [6, 6.07) is 8.53. The number of rotatable bonds is 18. The lowest BCUT2D eigenvalue weighted by molar-refractivity contribution is -0.140. The molecule has 14 nitrogen and oxygen atoms in total. The molecule has 3 aliphatic carbocycles. The highest BCUT2D eigenvalue weighted by molar-refractivity contribution is 6.74. The maximum atomic E-state index is 17.1. The number of carbonyl (C=O) groups excluding carboxylic acids is 3. The monoisotopic (exact) mass is 919 g/mol. The van der Waals surface area contributed by atoms with Crippen molar-refractivity contribution in [3.63, 3.8) is 0 Å². The number of aliphatic hydroxyl groups is 1. The molecule has 65 heavy (non-hydrogen) atoms. The molecule has 1 saturated carbocycles. The van der Waals surface area contributed by atoms with E-state index in [4.69, 9.17) is 23.2 Å². The van der Waals surface area contributed by atoms with E-state index >= 15 is 14.0 Å². The normalized spacial score (nSPS) is 21.0. The summed E-state index contributed by atoms with van der Waals surface area (Å²) in [6.45, 7) is 18.9. The van der Waals surface area contributed by atoms with Crippen molar-refractivity contribution in [2.75, 3.05) is 59.4 Å². The van der Waals surface area contributed by atoms with Crippen LogP contribution >= 0.6 is 0 Å². The number of halogens is 1. The van der Waals surface area contributed by atoms with Crippen molar-refractivity contribution in [3.05, 3.63) is 69.9 Å². The van der Waals surface area contributed by atoms with Crippen LogP contribution in [0.3, 0.4) is 0 Å². The van der Waals surface area contributed by atoms with E-state index < -0.39 is 71.6 Å². The molecule has 2 heterocycles. The second kappa shape index (κ2) is 19.3. The van der Waals surface area contributed by atoms with Gasteiger partial charge >= 0.3 is 6.09 Å². The van der Waals surface area contributed by atoms with Gasteiger partial charge in [-0.15, -0.1) is 0 Å². The van der Waals surface area contributed by atoms with Crippen LogP contribution in [0.1, 0.15) is 119 Å². The third-order valence-electron chi connectivity index (χ3n) is 13.4. The summed E-state index contributed by atoms with van der Waals surface area (Å²) >= 11 is 0. The molecule has 6 rings (SSSR count). The number of unbranched alkanes of at least 4 members (excludes halogenated alkanes) is 2. The molecular formula is C49H70FN5O9Si. The molecule has 0 unspecified atom stereocenters. The molecule has 1 fully saturated rings. The molecule has 0 radical (unpaired) electrons. The number of hydrogen-bond donors (Lipinski definition) is 1. The van der Waals surface area contributed by atoms with Crippen molar-refractivity contribution in [3.8, 4) is 11.6 Å². The Balaban J connectivity index is 1.59. The molecule has 2 aromatic heterocycles. The first-order valence-electron chi connectivity index (χ1n) is 23.0. The first kappa shape index (κ1) is 49.8. The molecule has 0 saturated heterocycles. The number of amides is 1. The molecule has 1 N–H and O–H groups in total. The van der Waals surface area contributed by atoms with E-state index in [0.29, 0.717) is 19.4 Å². The minimum absolute atomic E-state index is 0.00935. The van der Waals surface area contributed by atoms with Gasteiger partial charge in [-0.2, -0.15) is 9.37 Å². The fourth-order valence-corrected chi connectivity index (χ4v) is 10.9. The molecule has 3 aliphatic rings. The van der Waals surface area contributed by atoms with Crippen molar-refractivity contribution in [2.45, 2.75) is 123 Å². The van der Waals surface area contributed by atoms with Gasteiger partial charge in [0.25, 0.3) is 5.88 Å². The number of aliphatic hydroxyl groups excluding tert-OH is 1.